The van der Waals surface area contributed by atoms with Crippen LogP contribution in [0.15, 0.2) is 29.8 Å². The number of nitrogens with zero attached hydrogens (tertiary/aromatic N) is 2. The van der Waals surface area contributed by atoms with E-state index >= 15 is 0 Å². The molecule has 25 heavy (non-hydrogen) atoms. The standard InChI is InChI=1S/C18H21N3O3S/c1-12-6-8-18(9-7-12,17(23)24-2)21-15(22)14-11-25-16(20-14)13-5-3-4-10-19-13/h3-5,10-12H,6-9H2,1-2H3,(H,21,22). The number of thiazole rings is 1. The van der Waals surface area contributed by atoms with Crippen LogP contribution in [0.4, 0.5) is 0 Å². The van der Waals surface area contributed by atoms with E-state index in [1.165, 1.54) is 18.4 Å². The predicted octanol–water partition coefficient (Wildman–Crippen LogP) is 3.06. The number of methoxy groups -OCH3 is 1. The molecule has 3 rings (SSSR count). The van der Waals surface area contributed by atoms with Crippen LogP contribution < -0.4 is 5.32 Å². The summed E-state index contributed by atoms with van der Waals surface area (Å²) in [4.78, 5) is 33.6. The Bertz CT molecular complexity index is 752. The SMILES string of the molecule is COC(=O)C1(NC(=O)c2csc(-c3ccccn3)n2)CCC(C)CC1. The third-order valence-electron chi connectivity index (χ3n) is 4.68. The van der Waals surface area contributed by atoms with Crippen LogP contribution >= 0.6 is 11.3 Å². The van der Waals surface area contributed by atoms with Gasteiger partial charge in [-0.25, -0.2) is 9.78 Å². The molecule has 1 aliphatic rings. The van der Waals surface area contributed by atoms with Crippen molar-refractivity contribution in [3.8, 4) is 10.7 Å². The molecule has 2 heterocycles. The lowest BCUT2D eigenvalue weighted by Crippen LogP contribution is -2.56. The van der Waals surface area contributed by atoms with Gasteiger partial charge in [-0.15, -0.1) is 11.3 Å². The summed E-state index contributed by atoms with van der Waals surface area (Å²) in [6, 6.07) is 5.55. The summed E-state index contributed by atoms with van der Waals surface area (Å²) in [6.07, 6.45) is 4.62. The van der Waals surface area contributed by atoms with E-state index in [1.54, 1.807) is 11.6 Å². The first-order valence-corrected chi connectivity index (χ1v) is 9.20. The van der Waals surface area contributed by atoms with Gasteiger partial charge in [-0.1, -0.05) is 13.0 Å². The Morgan fingerprint density at radius 1 is 1.32 bits per heavy atom. The van der Waals surface area contributed by atoms with Crippen LogP contribution in [0.3, 0.4) is 0 Å². The molecule has 0 saturated heterocycles. The van der Waals surface area contributed by atoms with E-state index < -0.39 is 5.54 Å². The largest absolute Gasteiger partial charge is 0.467 e. The summed E-state index contributed by atoms with van der Waals surface area (Å²) in [7, 11) is 1.36. The Hall–Kier alpha value is -2.28. The van der Waals surface area contributed by atoms with E-state index in [0.717, 1.165) is 18.5 Å². The van der Waals surface area contributed by atoms with Crippen molar-refractivity contribution in [3.63, 3.8) is 0 Å². The van der Waals surface area contributed by atoms with Gasteiger partial charge in [0.05, 0.1) is 12.8 Å². The molecule has 0 atom stereocenters. The molecule has 0 spiro atoms. The predicted molar refractivity (Wildman–Crippen MR) is 95.2 cm³/mol. The number of carbonyl (C=O) groups is 2. The van der Waals surface area contributed by atoms with Gasteiger partial charge >= 0.3 is 5.97 Å². The van der Waals surface area contributed by atoms with Crippen LogP contribution in [-0.4, -0.2) is 34.5 Å². The Balaban J connectivity index is 1.78. The molecule has 2 aromatic rings. The molecule has 1 amide bonds. The van der Waals surface area contributed by atoms with Crippen molar-refractivity contribution in [1.82, 2.24) is 15.3 Å². The van der Waals surface area contributed by atoms with Gasteiger partial charge in [0.2, 0.25) is 0 Å². The van der Waals surface area contributed by atoms with Gasteiger partial charge < -0.3 is 10.1 Å². The Labute approximate surface area is 150 Å². The van der Waals surface area contributed by atoms with Gasteiger partial charge in [-0.05, 0) is 43.7 Å². The van der Waals surface area contributed by atoms with Crippen LogP contribution in [0.5, 0.6) is 0 Å². The van der Waals surface area contributed by atoms with Gasteiger partial charge in [-0.3, -0.25) is 9.78 Å². The number of aromatic nitrogens is 2. The molecule has 1 aliphatic carbocycles. The van der Waals surface area contributed by atoms with Crippen LogP contribution in [0.2, 0.25) is 0 Å². The Morgan fingerprint density at radius 2 is 2.08 bits per heavy atom. The highest BCUT2D eigenvalue weighted by molar-refractivity contribution is 7.13. The molecule has 0 aliphatic heterocycles. The maximum Gasteiger partial charge on any atom is 0.331 e. The van der Waals surface area contributed by atoms with E-state index in [0.29, 0.717) is 29.5 Å². The average Bonchev–Trinajstić information content (AvgIpc) is 3.14. The number of esters is 1. The highest BCUT2D eigenvalue weighted by atomic mass is 32.1. The number of nitrogens with one attached hydrogen (secondary N) is 1. The second kappa shape index (κ2) is 7.31. The highest BCUT2D eigenvalue weighted by Gasteiger charge is 2.43. The molecule has 0 aromatic carbocycles. The number of amides is 1. The monoisotopic (exact) mass is 359 g/mol. The quantitative estimate of drug-likeness (QED) is 0.849. The summed E-state index contributed by atoms with van der Waals surface area (Å²) in [5, 5.41) is 5.26. The number of carbonyl (C=O) groups excluding carboxylic acids is 2. The summed E-state index contributed by atoms with van der Waals surface area (Å²) in [5.41, 5.74) is 0.0703. The van der Waals surface area contributed by atoms with E-state index in [2.05, 4.69) is 22.2 Å². The van der Waals surface area contributed by atoms with Crippen LogP contribution in [0.25, 0.3) is 10.7 Å². The lowest BCUT2D eigenvalue weighted by molar-refractivity contribution is -0.150. The maximum absolute atomic E-state index is 12.7. The number of hydrogen-bond donors (Lipinski definition) is 1. The van der Waals surface area contributed by atoms with E-state index in [4.69, 9.17) is 4.74 Å². The second-order valence-corrected chi connectivity index (χ2v) is 7.32. The Kier molecular flexibility index (Phi) is 5.13. The lowest BCUT2D eigenvalue weighted by atomic mass is 9.77. The number of pyridine rings is 1. The molecule has 6 nitrogen and oxygen atoms in total. The number of hydrogen-bond acceptors (Lipinski definition) is 6. The highest BCUT2D eigenvalue weighted by Crippen LogP contribution is 2.33. The summed E-state index contributed by atoms with van der Waals surface area (Å²) >= 11 is 1.36. The first kappa shape index (κ1) is 17.5. The van der Waals surface area contributed by atoms with E-state index in [-0.39, 0.29) is 11.9 Å². The van der Waals surface area contributed by atoms with Crippen LogP contribution in [0.1, 0.15) is 43.1 Å². The van der Waals surface area contributed by atoms with Gasteiger partial charge in [0, 0.05) is 11.6 Å². The molecule has 132 valence electrons. The van der Waals surface area contributed by atoms with Crippen LogP contribution in [-0.2, 0) is 9.53 Å². The van der Waals surface area contributed by atoms with Crippen molar-refractivity contribution >= 4 is 23.2 Å². The van der Waals surface area contributed by atoms with Crippen molar-refractivity contribution in [1.29, 1.82) is 0 Å². The van der Waals surface area contributed by atoms with Gasteiger partial charge in [0.25, 0.3) is 5.91 Å². The zero-order chi connectivity index (χ0) is 17.9. The summed E-state index contributed by atoms with van der Waals surface area (Å²) in [5.74, 6) is -0.184. The summed E-state index contributed by atoms with van der Waals surface area (Å²) < 4.78 is 4.96. The van der Waals surface area contributed by atoms with Crippen molar-refractivity contribution < 1.29 is 14.3 Å². The number of rotatable bonds is 4. The smallest absolute Gasteiger partial charge is 0.331 e. The molecule has 1 saturated carbocycles. The Morgan fingerprint density at radius 3 is 2.72 bits per heavy atom. The van der Waals surface area contributed by atoms with E-state index in [9.17, 15) is 9.59 Å². The molecule has 2 aromatic heterocycles. The zero-order valence-corrected chi connectivity index (χ0v) is 15.1. The minimum Gasteiger partial charge on any atom is -0.467 e. The summed E-state index contributed by atoms with van der Waals surface area (Å²) in [6.45, 7) is 2.16. The lowest BCUT2D eigenvalue weighted by Gasteiger charge is -2.37. The molecule has 0 radical (unpaired) electrons. The number of ether oxygens (including phenoxy) is 1. The topological polar surface area (TPSA) is 81.2 Å². The molecular weight excluding hydrogens is 338 g/mol. The first-order chi connectivity index (χ1) is 12.0. The van der Waals surface area contributed by atoms with Crippen molar-refractivity contribution in [2.45, 2.75) is 38.1 Å². The fraction of sp³-hybridized carbons (Fsp3) is 0.444. The fourth-order valence-electron chi connectivity index (χ4n) is 3.10. The van der Waals surface area contributed by atoms with Crippen LogP contribution in [0, 0.1) is 5.92 Å². The average molecular weight is 359 g/mol. The minimum atomic E-state index is -0.951. The fourth-order valence-corrected chi connectivity index (χ4v) is 3.87. The normalized spacial score (nSPS) is 23.0. The maximum atomic E-state index is 12.7. The second-order valence-electron chi connectivity index (χ2n) is 6.46. The van der Waals surface area contributed by atoms with Gasteiger partial charge in [-0.2, -0.15) is 0 Å². The molecule has 0 unspecified atom stereocenters. The molecule has 0 bridgehead atoms. The first-order valence-electron chi connectivity index (χ1n) is 8.32. The van der Waals surface area contributed by atoms with Gasteiger partial charge in [0.1, 0.15) is 16.2 Å². The van der Waals surface area contributed by atoms with Gasteiger partial charge in [0.15, 0.2) is 0 Å². The minimum absolute atomic E-state index is 0.299. The van der Waals surface area contributed by atoms with Crippen molar-refractivity contribution in [2.24, 2.45) is 5.92 Å². The molecular formula is C18H21N3O3S. The molecule has 7 heteroatoms. The zero-order valence-electron chi connectivity index (χ0n) is 14.3. The molecule has 1 fully saturated rings. The third-order valence-corrected chi connectivity index (χ3v) is 5.54. The third kappa shape index (κ3) is 3.71. The van der Waals surface area contributed by atoms with E-state index in [1.807, 2.05) is 18.2 Å². The van der Waals surface area contributed by atoms with Crippen molar-refractivity contribution in [2.75, 3.05) is 7.11 Å². The van der Waals surface area contributed by atoms with Crippen molar-refractivity contribution in [3.05, 3.63) is 35.5 Å². The molecule has 1 N–H and O–H groups in total.